The van der Waals surface area contributed by atoms with E-state index in [2.05, 4.69) is 0 Å². The average Bonchev–Trinajstić information content (AvgIpc) is 1.99. The molecule has 0 aromatic heterocycles. The fraction of sp³-hybridized carbons (Fsp3) is 0.750. The average molecular weight is 152 g/mol. The lowest BCUT2D eigenvalue weighted by atomic mass is 9.78. The number of hydrogen-bond donors (Lipinski definition) is 0. The van der Waals surface area contributed by atoms with Crippen LogP contribution in [0.25, 0.3) is 0 Å². The van der Waals surface area contributed by atoms with Crippen molar-refractivity contribution in [3.8, 4) is 0 Å². The standard InChI is InChI=1S/C8H13BO2/c1-6(2)7(4-10)3-8(9)5-11/h4-8H,3H2,1-2H3. The molecule has 11 heavy (non-hydrogen) atoms. The van der Waals surface area contributed by atoms with Crippen molar-refractivity contribution >= 4 is 20.4 Å². The highest BCUT2D eigenvalue weighted by Crippen LogP contribution is 2.18. The molecular formula is C8H13BO2. The summed E-state index contributed by atoms with van der Waals surface area (Å²) < 4.78 is 0. The molecule has 0 spiro atoms. The zero-order valence-corrected chi connectivity index (χ0v) is 6.99. The van der Waals surface area contributed by atoms with Crippen LogP contribution in [0.4, 0.5) is 0 Å². The van der Waals surface area contributed by atoms with E-state index < -0.39 is 5.82 Å². The molecule has 2 nitrogen and oxygen atoms in total. The Hall–Kier alpha value is -0.595. The highest BCUT2D eigenvalue weighted by Gasteiger charge is 2.14. The molecule has 0 amide bonds. The molecule has 2 atom stereocenters. The van der Waals surface area contributed by atoms with Crippen molar-refractivity contribution in [3.05, 3.63) is 0 Å². The Kier molecular flexibility index (Phi) is 4.83. The first kappa shape index (κ1) is 10.4. The van der Waals surface area contributed by atoms with Gasteiger partial charge in [-0.3, -0.25) is 0 Å². The van der Waals surface area contributed by atoms with Crippen molar-refractivity contribution in [2.45, 2.75) is 26.1 Å². The number of hydrogen-bond acceptors (Lipinski definition) is 2. The maximum Gasteiger partial charge on any atom is 0.123 e. The summed E-state index contributed by atoms with van der Waals surface area (Å²) in [5, 5.41) is 0. The van der Waals surface area contributed by atoms with Crippen molar-refractivity contribution in [2.75, 3.05) is 0 Å². The molecule has 3 heteroatoms. The molecule has 2 radical (unpaired) electrons. The van der Waals surface area contributed by atoms with Crippen LogP contribution in [-0.4, -0.2) is 20.4 Å². The molecule has 0 aliphatic carbocycles. The van der Waals surface area contributed by atoms with Crippen molar-refractivity contribution < 1.29 is 9.59 Å². The molecule has 0 aromatic carbocycles. The summed E-state index contributed by atoms with van der Waals surface area (Å²) in [6.45, 7) is 3.88. The fourth-order valence-corrected chi connectivity index (χ4v) is 0.855. The predicted octanol–water partition coefficient (Wildman–Crippen LogP) is 1.00. The van der Waals surface area contributed by atoms with Crippen molar-refractivity contribution in [1.82, 2.24) is 0 Å². The third-order valence-corrected chi connectivity index (χ3v) is 1.75. The van der Waals surface area contributed by atoms with Crippen LogP contribution < -0.4 is 0 Å². The molecule has 0 aliphatic rings. The molecular weight excluding hydrogens is 139 g/mol. The van der Waals surface area contributed by atoms with Crippen molar-refractivity contribution in [2.24, 2.45) is 11.8 Å². The summed E-state index contributed by atoms with van der Waals surface area (Å²) in [7, 11) is 5.36. The molecule has 60 valence electrons. The van der Waals surface area contributed by atoms with E-state index in [1.54, 1.807) is 0 Å². The van der Waals surface area contributed by atoms with Gasteiger partial charge in [0.2, 0.25) is 0 Å². The summed E-state index contributed by atoms with van der Waals surface area (Å²) in [4.78, 5) is 20.6. The lowest BCUT2D eigenvalue weighted by Crippen LogP contribution is -2.13. The topological polar surface area (TPSA) is 34.1 Å². The summed E-state index contributed by atoms with van der Waals surface area (Å²) >= 11 is 0. The number of carbonyl (C=O) groups excluding carboxylic acids is 2. The van der Waals surface area contributed by atoms with E-state index in [4.69, 9.17) is 7.85 Å². The highest BCUT2D eigenvalue weighted by molar-refractivity contribution is 6.19. The van der Waals surface area contributed by atoms with Crippen molar-refractivity contribution in [3.63, 3.8) is 0 Å². The minimum atomic E-state index is -0.493. The minimum Gasteiger partial charge on any atom is -0.304 e. The second-order valence-electron chi connectivity index (χ2n) is 3.08. The van der Waals surface area contributed by atoms with Gasteiger partial charge in [0, 0.05) is 5.92 Å². The summed E-state index contributed by atoms with van der Waals surface area (Å²) in [6.07, 6.45) is 2.01. The van der Waals surface area contributed by atoms with Crippen LogP contribution in [0.3, 0.4) is 0 Å². The Morgan fingerprint density at radius 2 is 1.82 bits per heavy atom. The van der Waals surface area contributed by atoms with Gasteiger partial charge in [-0.2, -0.15) is 0 Å². The monoisotopic (exact) mass is 152 g/mol. The normalized spacial score (nSPS) is 15.9. The first-order chi connectivity index (χ1) is 5.11. The molecule has 0 heterocycles. The molecule has 0 fully saturated rings. The lowest BCUT2D eigenvalue weighted by molar-refractivity contribution is -0.112. The quantitative estimate of drug-likeness (QED) is 0.435. The van der Waals surface area contributed by atoms with Crippen LogP contribution >= 0.6 is 0 Å². The van der Waals surface area contributed by atoms with E-state index in [-0.39, 0.29) is 11.8 Å². The molecule has 0 aromatic rings. The SMILES string of the molecule is [B]C(C=O)CC(C=O)C(C)C. The van der Waals surface area contributed by atoms with E-state index in [1.807, 2.05) is 13.8 Å². The van der Waals surface area contributed by atoms with Gasteiger partial charge in [0.25, 0.3) is 0 Å². The van der Waals surface area contributed by atoms with Crippen LogP contribution in [0.1, 0.15) is 20.3 Å². The molecule has 2 unspecified atom stereocenters. The Balaban J connectivity index is 3.86. The van der Waals surface area contributed by atoms with Gasteiger partial charge in [0.1, 0.15) is 12.6 Å². The smallest absolute Gasteiger partial charge is 0.123 e. The Bertz CT molecular complexity index is 134. The van der Waals surface area contributed by atoms with Gasteiger partial charge in [-0.25, -0.2) is 0 Å². The number of aldehydes is 2. The largest absolute Gasteiger partial charge is 0.304 e. The lowest BCUT2D eigenvalue weighted by Gasteiger charge is -2.15. The second kappa shape index (κ2) is 5.11. The van der Waals surface area contributed by atoms with Gasteiger partial charge in [-0.1, -0.05) is 13.8 Å². The molecule has 0 saturated carbocycles. The molecule has 0 N–H and O–H groups in total. The van der Waals surface area contributed by atoms with Gasteiger partial charge in [-0.15, -0.1) is 0 Å². The van der Waals surface area contributed by atoms with Crippen LogP contribution in [0.2, 0.25) is 5.82 Å². The predicted molar refractivity (Wildman–Crippen MR) is 44.6 cm³/mol. The van der Waals surface area contributed by atoms with E-state index in [9.17, 15) is 9.59 Å². The summed E-state index contributed by atoms with van der Waals surface area (Å²) in [5.74, 6) is -0.318. The molecule has 0 rings (SSSR count). The maximum absolute atomic E-state index is 10.4. The third kappa shape index (κ3) is 3.96. The Morgan fingerprint density at radius 1 is 1.27 bits per heavy atom. The maximum atomic E-state index is 10.4. The van der Waals surface area contributed by atoms with Gasteiger partial charge >= 0.3 is 0 Å². The minimum absolute atomic E-state index is 0.0878. The second-order valence-corrected chi connectivity index (χ2v) is 3.08. The van der Waals surface area contributed by atoms with Gasteiger partial charge in [0.15, 0.2) is 0 Å². The fourth-order valence-electron chi connectivity index (χ4n) is 0.855. The summed E-state index contributed by atoms with van der Waals surface area (Å²) in [6, 6.07) is 0. The highest BCUT2D eigenvalue weighted by atomic mass is 16.1. The van der Waals surface area contributed by atoms with E-state index in [1.165, 1.54) is 0 Å². The Labute approximate surface area is 68.8 Å². The van der Waals surface area contributed by atoms with Crippen LogP contribution in [-0.2, 0) is 9.59 Å². The molecule has 0 bridgehead atoms. The van der Waals surface area contributed by atoms with E-state index in [0.29, 0.717) is 12.7 Å². The first-order valence-electron chi connectivity index (χ1n) is 3.78. The number of carbonyl (C=O) groups is 2. The zero-order valence-electron chi connectivity index (χ0n) is 6.99. The van der Waals surface area contributed by atoms with Crippen molar-refractivity contribution in [1.29, 1.82) is 0 Å². The third-order valence-electron chi connectivity index (χ3n) is 1.75. The number of rotatable bonds is 5. The molecule has 0 saturated heterocycles. The van der Waals surface area contributed by atoms with E-state index in [0.717, 1.165) is 6.29 Å². The first-order valence-corrected chi connectivity index (χ1v) is 3.78. The summed E-state index contributed by atoms with van der Waals surface area (Å²) in [5.41, 5.74) is 0. The van der Waals surface area contributed by atoms with Gasteiger partial charge in [-0.05, 0) is 18.2 Å². The zero-order chi connectivity index (χ0) is 8.85. The Morgan fingerprint density at radius 3 is 2.09 bits per heavy atom. The van der Waals surface area contributed by atoms with Gasteiger partial charge < -0.3 is 9.59 Å². The molecule has 0 aliphatic heterocycles. The van der Waals surface area contributed by atoms with Crippen LogP contribution in [0.15, 0.2) is 0 Å². The van der Waals surface area contributed by atoms with Gasteiger partial charge in [0.05, 0.1) is 7.85 Å². The van der Waals surface area contributed by atoms with Crippen LogP contribution in [0.5, 0.6) is 0 Å². The van der Waals surface area contributed by atoms with E-state index >= 15 is 0 Å². The van der Waals surface area contributed by atoms with Crippen LogP contribution in [0, 0.1) is 11.8 Å².